The van der Waals surface area contributed by atoms with E-state index in [0.717, 1.165) is 44.6 Å². The zero-order valence-electron chi connectivity index (χ0n) is 41.0. The van der Waals surface area contributed by atoms with Gasteiger partial charge < -0.3 is 5.32 Å². The van der Waals surface area contributed by atoms with Crippen LogP contribution in [0.25, 0.3) is 0 Å². The molecule has 4 nitrogen and oxygen atoms in total. The lowest BCUT2D eigenvalue weighted by Gasteiger charge is -2.16. The number of carbonyl (C=O) groups excluding carboxylic acids is 3. The van der Waals surface area contributed by atoms with Gasteiger partial charge in [0.1, 0.15) is 6.04 Å². The predicted molar refractivity (Wildman–Crippen MR) is 265 cm³/mol. The Morgan fingerprint density at radius 2 is 0.483 bits per heavy atom. The smallest absolute Gasteiger partial charge is 0.244 e. The number of ketones is 2. The van der Waals surface area contributed by atoms with Gasteiger partial charge >= 0.3 is 0 Å². The summed E-state index contributed by atoms with van der Waals surface area (Å²) in [4.78, 5) is 38.1. The molecule has 0 radical (unpaired) electrons. The van der Waals surface area contributed by atoms with Gasteiger partial charge in [-0.1, -0.05) is 303 Å². The number of unbranched alkanes of at least 4 members (excludes halogenated alkanes) is 44. The van der Waals surface area contributed by atoms with E-state index < -0.39 is 11.9 Å². The van der Waals surface area contributed by atoms with Gasteiger partial charge in [0.05, 0.1) is 0 Å². The van der Waals surface area contributed by atoms with Crippen molar-refractivity contribution in [2.45, 2.75) is 328 Å². The topological polar surface area (TPSA) is 63.2 Å². The number of carbonyl (C=O) groups is 3. The molecule has 0 spiro atoms. The van der Waals surface area contributed by atoms with E-state index in [1.165, 1.54) is 257 Å². The summed E-state index contributed by atoms with van der Waals surface area (Å²) in [6.45, 7) is 8.11. The fraction of sp³-hybridized carbons (Fsp3) is 0.911. The van der Waals surface area contributed by atoms with Crippen molar-refractivity contribution in [2.24, 2.45) is 0 Å². The minimum absolute atomic E-state index is 0.132. The van der Waals surface area contributed by atoms with Crippen molar-refractivity contribution in [3.8, 4) is 0 Å². The summed E-state index contributed by atoms with van der Waals surface area (Å²) in [6, 6.07) is -1.00. The summed E-state index contributed by atoms with van der Waals surface area (Å²) >= 11 is 0. The molecule has 0 rings (SSSR count). The summed E-state index contributed by atoms with van der Waals surface area (Å²) in [5.74, 6) is -0.698. The van der Waals surface area contributed by atoms with Crippen LogP contribution in [0.4, 0.5) is 0 Å². The fourth-order valence-electron chi connectivity index (χ4n) is 9.00. The number of hydrogen-bond donors (Lipinski definition) is 1. The standard InChI is InChI=1S/C56H107NO3/c1-4-7-9-11-13-15-17-19-21-23-25-27-29-31-33-35-37-39-41-43-45-47-49-51-53(58)56(57-55(60)6-3)54(59)52-50-48-46-44-42-40-38-36-34-32-30-28-26-24-22-20-18-16-14-12-10-8-5-2/h6,56H,3-5,7-52H2,1-2H3,(H,57,60). The van der Waals surface area contributed by atoms with Crippen LogP contribution in [0.5, 0.6) is 0 Å². The van der Waals surface area contributed by atoms with E-state index >= 15 is 0 Å². The Balaban J connectivity index is 3.67. The van der Waals surface area contributed by atoms with Crippen LogP contribution in [0.3, 0.4) is 0 Å². The van der Waals surface area contributed by atoms with Crippen molar-refractivity contribution in [1.29, 1.82) is 0 Å². The molecule has 1 N–H and O–H groups in total. The lowest BCUT2D eigenvalue weighted by Crippen LogP contribution is -2.45. The van der Waals surface area contributed by atoms with Crippen molar-refractivity contribution in [3.05, 3.63) is 12.7 Å². The first kappa shape index (κ1) is 58.6. The molecule has 4 heteroatoms. The Morgan fingerprint density at radius 3 is 0.650 bits per heavy atom. The number of rotatable bonds is 52. The molecule has 0 atom stereocenters. The van der Waals surface area contributed by atoms with E-state index in [-0.39, 0.29) is 11.6 Å². The molecule has 0 aromatic carbocycles. The SMILES string of the molecule is C=CC(=O)NC(C(=O)CCCCCCCCCCCCCCCCCCCCCCCCC)C(=O)CCCCCCCCCCCCCCCCCCCCCCCCC. The molecule has 60 heavy (non-hydrogen) atoms. The number of hydrogen-bond acceptors (Lipinski definition) is 3. The highest BCUT2D eigenvalue weighted by atomic mass is 16.2. The fourth-order valence-corrected chi connectivity index (χ4v) is 9.00. The van der Waals surface area contributed by atoms with Gasteiger partial charge in [0.2, 0.25) is 5.91 Å². The highest BCUT2D eigenvalue weighted by Gasteiger charge is 2.26. The highest BCUT2D eigenvalue weighted by Crippen LogP contribution is 2.18. The molecular formula is C56H107NO3. The van der Waals surface area contributed by atoms with Crippen molar-refractivity contribution < 1.29 is 14.4 Å². The van der Waals surface area contributed by atoms with Crippen LogP contribution in [-0.4, -0.2) is 23.5 Å². The number of Topliss-reactive ketones (excluding diaryl/α,β-unsaturated/α-hetero) is 2. The average molecular weight is 842 g/mol. The Morgan fingerprint density at radius 1 is 0.317 bits per heavy atom. The van der Waals surface area contributed by atoms with Crippen LogP contribution in [0.15, 0.2) is 12.7 Å². The third-order valence-corrected chi connectivity index (χ3v) is 13.2. The molecule has 0 aromatic heterocycles. The van der Waals surface area contributed by atoms with E-state index in [1.54, 1.807) is 0 Å². The van der Waals surface area contributed by atoms with Gasteiger partial charge in [-0.05, 0) is 18.9 Å². The normalized spacial score (nSPS) is 11.4. The van der Waals surface area contributed by atoms with Crippen LogP contribution in [0.2, 0.25) is 0 Å². The van der Waals surface area contributed by atoms with Gasteiger partial charge in [-0.15, -0.1) is 0 Å². The maximum atomic E-state index is 13.0. The molecule has 0 aliphatic carbocycles. The minimum atomic E-state index is -1.00. The molecule has 0 fully saturated rings. The van der Waals surface area contributed by atoms with Gasteiger partial charge in [0.25, 0.3) is 0 Å². The van der Waals surface area contributed by atoms with Crippen LogP contribution >= 0.6 is 0 Å². The molecule has 0 aliphatic heterocycles. The lowest BCUT2D eigenvalue weighted by molar-refractivity contribution is -0.133. The second-order valence-corrected chi connectivity index (χ2v) is 19.1. The Labute approximate surface area is 376 Å². The van der Waals surface area contributed by atoms with Crippen LogP contribution < -0.4 is 5.32 Å². The van der Waals surface area contributed by atoms with Crippen molar-refractivity contribution in [2.75, 3.05) is 0 Å². The van der Waals surface area contributed by atoms with E-state index in [4.69, 9.17) is 0 Å². The third-order valence-electron chi connectivity index (χ3n) is 13.2. The van der Waals surface area contributed by atoms with Crippen LogP contribution in [-0.2, 0) is 14.4 Å². The lowest BCUT2D eigenvalue weighted by atomic mass is 9.97. The molecule has 0 heterocycles. The third kappa shape index (κ3) is 44.6. The van der Waals surface area contributed by atoms with E-state index in [9.17, 15) is 14.4 Å². The first-order chi connectivity index (χ1) is 29.6. The molecule has 0 aromatic rings. The summed E-state index contributed by atoms with van der Waals surface area (Å²) in [5, 5.41) is 2.64. The van der Waals surface area contributed by atoms with Crippen molar-refractivity contribution in [1.82, 2.24) is 5.32 Å². The molecule has 0 saturated heterocycles. The Kier molecular flexibility index (Phi) is 49.0. The molecule has 1 amide bonds. The van der Waals surface area contributed by atoms with Crippen LogP contribution in [0.1, 0.15) is 322 Å². The molecule has 354 valence electrons. The highest BCUT2D eigenvalue weighted by molar-refractivity contribution is 6.09. The molecule has 0 aliphatic rings. The second-order valence-electron chi connectivity index (χ2n) is 19.1. The largest absolute Gasteiger partial charge is 0.336 e. The zero-order chi connectivity index (χ0) is 43.7. The van der Waals surface area contributed by atoms with E-state index in [0.29, 0.717) is 12.8 Å². The first-order valence-corrected chi connectivity index (χ1v) is 27.5. The van der Waals surface area contributed by atoms with Crippen molar-refractivity contribution in [3.63, 3.8) is 0 Å². The summed E-state index contributed by atoms with van der Waals surface area (Å²) in [6.07, 6.45) is 63.7. The molecular weight excluding hydrogens is 735 g/mol. The maximum absolute atomic E-state index is 13.0. The minimum Gasteiger partial charge on any atom is -0.336 e. The van der Waals surface area contributed by atoms with Gasteiger partial charge in [-0.2, -0.15) is 0 Å². The second kappa shape index (κ2) is 50.2. The summed E-state index contributed by atoms with van der Waals surface area (Å²) < 4.78 is 0. The van der Waals surface area contributed by atoms with Gasteiger partial charge in [-0.3, -0.25) is 14.4 Å². The Bertz CT molecular complexity index is 852. The van der Waals surface area contributed by atoms with Gasteiger partial charge in [0, 0.05) is 12.8 Å². The van der Waals surface area contributed by atoms with E-state index in [2.05, 4.69) is 25.7 Å². The number of nitrogens with one attached hydrogen (secondary N) is 1. The zero-order valence-corrected chi connectivity index (χ0v) is 41.0. The first-order valence-electron chi connectivity index (χ1n) is 27.5. The molecule has 0 unspecified atom stereocenters. The Hall–Kier alpha value is -1.45. The quantitative estimate of drug-likeness (QED) is 0.0377. The predicted octanol–water partition coefficient (Wildman–Crippen LogP) is 18.6. The number of amides is 1. The molecule has 0 saturated carbocycles. The van der Waals surface area contributed by atoms with Crippen molar-refractivity contribution >= 4 is 17.5 Å². The summed E-state index contributed by atoms with van der Waals surface area (Å²) in [5.41, 5.74) is 0. The van der Waals surface area contributed by atoms with Crippen LogP contribution in [0, 0.1) is 0 Å². The monoisotopic (exact) mass is 842 g/mol. The van der Waals surface area contributed by atoms with E-state index in [1.807, 2.05) is 0 Å². The summed E-state index contributed by atoms with van der Waals surface area (Å²) in [7, 11) is 0. The van der Waals surface area contributed by atoms with Gasteiger partial charge in [-0.25, -0.2) is 0 Å². The average Bonchev–Trinajstić information content (AvgIpc) is 3.25. The maximum Gasteiger partial charge on any atom is 0.244 e. The van der Waals surface area contributed by atoms with Gasteiger partial charge in [0.15, 0.2) is 11.6 Å². The molecule has 0 bridgehead atoms.